The third kappa shape index (κ3) is 4.05. The molecule has 120 valence electrons. The van der Waals surface area contributed by atoms with Crippen LogP contribution in [0.5, 0.6) is 0 Å². The number of aryl methyl sites for hydroxylation is 1. The molecule has 1 aliphatic rings. The summed E-state index contributed by atoms with van der Waals surface area (Å²) in [4.78, 5) is 4.97. The van der Waals surface area contributed by atoms with E-state index >= 15 is 0 Å². The van der Waals surface area contributed by atoms with Gasteiger partial charge in [-0.2, -0.15) is 5.10 Å². The van der Waals surface area contributed by atoms with Crippen molar-refractivity contribution in [3.63, 3.8) is 0 Å². The fourth-order valence-electron chi connectivity index (χ4n) is 3.33. The lowest BCUT2D eigenvalue weighted by molar-refractivity contribution is 0.174. The summed E-state index contributed by atoms with van der Waals surface area (Å²) in [5.74, 6) is 0. The van der Waals surface area contributed by atoms with Gasteiger partial charge in [0.15, 0.2) is 0 Å². The molecule has 5 nitrogen and oxygen atoms in total. The maximum Gasteiger partial charge on any atom is 0.0662 e. The number of hydrogen-bond acceptors (Lipinski definition) is 4. The molecule has 1 aliphatic heterocycles. The summed E-state index contributed by atoms with van der Waals surface area (Å²) in [6, 6.07) is 3.01. The lowest BCUT2D eigenvalue weighted by Gasteiger charge is -2.35. The second-order valence-corrected chi connectivity index (χ2v) is 6.18. The van der Waals surface area contributed by atoms with Crippen molar-refractivity contribution in [2.45, 2.75) is 45.3 Å². The molecular weight excluding hydrogens is 262 g/mol. The summed E-state index contributed by atoms with van der Waals surface area (Å²) in [5.41, 5.74) is 1.32. The van der Waals surface area contributed by atoms with Gasteiger partial charge >= 0.3 is 0 Å². The van der Waals surface area contributed by atoms with Gasteiger partial charge in [0.25, 0.3) is 0 Å². The molecule has 0 amide bonds. The highest BCUT2D eigenvalue weighted by atomic mass is 15.3. The van der Waals surface area contributed by atoms with Crippen molar-refractivity contribution < 1.29 is 0 Å². The zero-order chi connectivity index (χ0) is 15.2. The molecule has 1 N–H and O–H groups in total. The SMILES string of the molecule is CCCn1nccc1C(NCC)C1CN(C)CCCN1C. The highest BCUT2D eigenvalue weighted by Gasteiger charge is 2.30. The first-order valence-electron chi connectivity index (χ1n) is 8.31. The summed E-state index contributed by atoms with van der Waals surface area (Å²) in [6.45, 7) is 9.83. The van der Waals surface area contributed by atoms with E-state index in [1.165, 1.54) is 25.2 Å². The minimum atomic E-state index is 0.342. The van der Waals surface area contributed by atoms with E-state index in [2.05, 4.69) is 58.9 Å². The van der Waals surface area contributed by atoms with Crippen molar-refractivity contribution in [1.29, 1.82) is 0 Å². The normalized spacial score (nSPS) is 23.1. The zero-order valence-electron chi connectivity index (χ0n) is 14.0. The molecule has 1 aromatic rings. The Morgan fingerprint density at radius 3 is 2.86 bits per heavy atom. The lowest BCUT2D eigenvalue weighted by Crippen LogP contribution is -2.47. The lowest BCUT2D eigenvalue weighted by atomic mass is 10.0. The van der Waals surface area contributed by atoms with Crippen LogP contribution < -0.4 is 5.32 Å². The van der Waals surface area contributed by atoms with Crippen molar-refractivity contribution in [3.8, 4) is 0 Å². The van der Waals surface area contributed by atoms with E-state index in [4.69, 9.17) is 0 Å². The molecule has 5 heteroatoms. The van der Waals surface area contributed by atoms with E-state index in [0.29, 0.717) is 12.1 Å². The number of nitrogens with zero attached hydrogens (tertiary/aromatic N) is 4. The van der Waals surface area contributed by atoms with Crippen LogP contribution in [0.2, 0.25) is 0 Å². The Labute approximate surface area is 129 Å². The highest BCUT2D eigenvalue weighted by molar-refractivity contribution is 5.11. The summed E-state index contributed by atoms with van der Waals surface area (Å²) < 4.78 is 2.17. The Bertz CT molecular complexity index is 417. The van der Waals surface area contributed by atoms with Gasteiger partial charge in [0.05, 0.1) is 11.7 Å². The van der Waals surface area contributed by atoms with Crippen LogP contribution in [-0.4, -0.2) is 65.9 Å². The van der Waals surface area contributed by atoms with Crippen LogP contribution in [0.4, 0.5) is 0 Å². The summed E-state index contributed by atoms with van der Waals surface area (Å²) in [5, 5.41) is 8.22. The molecule has 0 radical (unpaired) electrons. The quantitative estimate of drug-likeness (QED) is 0.864. The van der Waals surface area contributed by atoms with Gasteiger partial charge in [-0.1, -0.05) is 13.8 Å². The Morgan fingerprint density at radius 2 is 2.14 bits per heavy atom. The van der Waals surface area contributed by atoms with Crippen molar-refractivity contribution in [3.05, 3.63) is 18.0 Å². The van der Waals surface area contributed by atoms with Crippen molar-refractivity contribution >= 4 is 0 Å². The predicted molar refractivity (Wildman–Crippen MR) is 87.5 cm³/mol. The van der Waals surface area contributed by atoms with Gasteiger partial charge in [-0.25, -0.2) is 0 Å². The third-order valence-corrected chi connectivity index (χ3v) is 4.43. The molecule has 2 rings (SSSR count). The van der Waals surface area contributed by atoms with Gasteiger partial charge < -0.3 is 15.1 Å². The smallest absolute Gasteiger partial charge is 0.0662 e. The molecule has 0 aliphatic carbocycles. The first kappa shape index (κ1) is 16.5. The maximum absolute atomic E-state index is 4.52. The monoisotopic (exact) mass is 293 g/mol. The third-order valence-electron chi connectivity index (χ3n) is 4.43. The minimum absolute atomic E-state index is 0.342. The molecule has 2 heterocycles. The average molecular weight is 293 g/mol. The molecule has 0 saturated carbocycles. The van der Waals surface area contributed by atoms with E-state index in [0.717, 1.165) is 26.1 Å². The van der Waals surface area contributed by atoms with Crippen LogP contribution in [0.15, 0.2) is 12.3 Å². The van der Waals surface area contributed by atoms with Crippen LogP contribution in [0.3, 0.4) is 0 Å². The van der Waals surface area contributed by atoms with Crippen molar-refractivity contribution in [2.75, 3.05) is 40.3 Å². The molecule has 0 bridgehead atoms. The zero-order valence-corrected chi connectivity index (χ0v) is 14.0. The van der Waals surface area contributed by atoms with Gasteiger partial charge in [-0.05, 0) is 52.6 Å². The Hall–Kier alpha value is -0.910. The van der Waals surface area contributed by atoms with Crippen LogP contribution in [0, 0.1) is 0 Å². The largest absolute Gasteiger partial charge is 0.308 e. The molecule has 0 spiro atoms. The van der Waals surface area contributed by atoms with Gasteiger partial charge in [0, 0.05) is 25.3 Å². The van der Waals surface area contributed by atoms with Crippen LogP contribution >= 0.6 is 0 Å². The maximum atomic E-state index is 4.52. The van der Waals surface area contributed by atoms with Crippen LogP contribution in [0.25, 0.3) is 0 Å². The van der Waals surface area contributed by atoms with E-state index in [1.54, 1.807) is 0 Å². The number of aromatic nitrogens is 2. The van der Waals surface area contributed by atoms with Gasteiger partial charge in [-0.3, -0.25) is 4.68 Å². The van der Waals surface area contributed by atoms with Gasteiger partial charge in [-0.15, -0.1) is 0 Å². The first-order valence-corrected chi connectivity index (χ1v) is 8.31. The number of hydrogen-bond donors (Lipinski definition) is 1. The van der Waals surface area contributed by atoms with E-state index in [1.807, 2.05) is 6.20 Å². The fourth-order valence-corrected chi connectivity index (χ4v) is 3.33. The minimum Gasteiger partial charge on any atom is -0.308 e. The molecule has 1 fully saturated rings. The van der Waals surface area contributed by atoms with Crippen molar-refractivity contribution in [1.82, 2.24) is 24.9 Å². The van der Waals surface area contributed by atoms with E-state index in [9.17, 15) is 0 Å². The molecule has 21 heavy (non-hydrogen) atoms. The Morgan fingerprint density at radius 1 is 1.33 bits per heavy atom. The second kappa shape index (κ2) is 7.92. The molecule has 1 aromatic heterocycles. The Kier molecular flexibility index (Phi) is 6.21. The highest BCUT2D eigenvalue weighted by Crippen LogP contribution is 2.23. The second-order valence-electron chi connectivity index (χ2n) is 6.18. The average Bonchev–Trinajstić information content (AvgIpc) is 2.84. The topological polar surface area (TPSA) is 36.3 Å². The summed E-state index contributed by atoms with van der Waals surface area (Å²) >= 11 is 0. The van der Waals surface area contributed by atoms with E-state index in [-0.39, 0.29) is 0 Å². The summed E-state index contributed by atoms with van der Waals surface area (Å²) in [7, 11) is 4.49. The molecule has 2 unspecified atom stereocenters. The number of likely N-dealkylation sites (N-methyl/N-ethyl adjacent to an activating group) is 3. The molecule has 0 aromatic carbocycles. The summed E-state index contributed by atoms with van der Waals surface area (Å²) in [6.07, 6.45) is 4.31. The molecular formula is C16H31N5. The first-order chi connectivity index (χ1) is 10.2. The van der Waals surface area contributed by atoms with Gasteiger partial charge in [0.1, 0.15) is 0 Å². The fraction of sp³-hybridized carbons (Fsp3) is 0.812. The number of rotatable bonds is 6. The van der Waals surface area contributed by atoms with Crippen LogP contribution in [-0.2, 0) is 6.54 Å². The standard InChI is InChI=1S/C16H31N5/c1-5-10-21-14(8-9-18-21)16(17-6-2)15-13-19(3)11-7-12-20(15)4/h8-9,15-17H,5-7,10-13H2,1-4H3. The van der Waals surface area contributed by atoms with Crippen LogP contribution in [0.1, 0.15) is 38.4 Å². The van der Waals surface area contributed by atoms with Crippen molar-refractivity contribution in [2.24, 2.45) is 0 Å². The number of nitrogens with one attached hydrogen (secondary N) is 1. The van der Waals surface area contributed by atoms with E-state index < -0.39 is 0 Å². The molecule has 1 saturated heterocycles. The Balaban J connectivity index is 2.25. The predicted octanol–water partition coefficient (Wildman–Crippen LogP) is 1.58. The van der Waals surface area contributed by atoms with Gasteiger partial charge in [0.2, 0.25) is 0 Å². The molecule has 2 atom stereocenters.